The van der Waals surface area contributed by atoms with Crippen LogP contribution in [0.5, 0.6) is 0 Å². The van der Waals surface area contributed by atoms with Crippen LogP contribution in [0.3, 0.4) is 0 Å². The molecule has 0 aromatic carbocycles. The number of carboxylic acids is 4. The molecule has 0 unspecified atom stereocenters. The van der Waals surface area contributed by atoms with Gasteiger partial charge in [0.2, 0.25) is 0 Å². The summed E-state index contributed by atoms with van der Waals surface area (Å²) in [5, 5.41) is 29.7. The van der Waals surface area contributed by atoms with E-state index in [1.807, 2.05) is 0 Å². The molecule has 0 aliphatic carbocycles. The number of hydrogen-bond acceptors (Lipinski definition) is 4. The van der Waals surface area contributed by atoms with E-state index in [4.69, 9.17) is 39.6 Å². The van der Waals surface area contributed by atoms with Crippen LogP contribution in [0.25, 0.3) is 0 Å². The Morgan fingerprint density at radius 3 is 0.526 bits per heavy atom. The maximum atomic E-state index is 9.00. The Morgan fingerprint density at radius 1 is 0.526 bits per heavy atom. The van der Waals surface area contributed by atoms with Gasteiger partial charge < -0.3 is 25.9 Å². The van der Waals surface area contributed by atoms with E-state index < -0.39 is 23.9 Å². The second-order valence-electron chi connectivity index (χ2n) is 2.08. The first kappa shape index (κ1) is 43.0. The van der Waals surface area contributed by atoms with Crippen LogP contribution in [0.2, 0.25) is 0 Å². The van der Waals surface area contributed by atoms with Crippen molar-refractivity contribution in [1.29, 1.82) is 0 Å². The van der Waals surface area contributed by atoms with E-state index in [2.05, 4.69) is 0 Å². The fourth-order valence-corrected chi connectivity index (χ4v) is 0. The largest absolute Gasteiger partial charge is 0.481 e. The Labute approximate surface area is 131 Å². The van der Waals surface area contributed by atoms with Crippen molar-refractivity contribution in [3.63, 3.8) is 0 Å². The summed E-state index contributed by atoms with van der Waals surface area (Å²) in [6.07, 6.45) is 0. The van der Waals surface area contributed by atoms with E-state index in [0.717, 1.165) is 27.7 Å². The van der Waals surface area contributed by atoms with E-state index in [0.29, 0.717) is 0 Å². The van der Waals surface area contributed by atoms with Crippen LogP contribution in [0, 0.1) is 0 Å². The maximum absolute atomic E-state index is 9.00. The molecule has 0 fully saturated rings. The third-order valence-corrected chi connectivity index (χ3v) is 0. The molecule has 0 saturated carbocycles. The smallest absolute Gasteiger partial charge is 0.300 e. The van der Waals surface area contributed by atoms with Gasteiger partial charge in [-0.25, -0.2) is 0 Å². The Hall–Kier alpha value is -1.12. The van der Waals surface area contributed by atoms with Crippen LogP contribution < -0.4 is 0 Å². The molecule has 0 aromatic rings. The average Bonchev–Trinajstić information content (AvgIpc) is 1.76. The average molecular weight is 370 g/mol. The second kappa shape index (κ2) is 36.0. The van der Waals surface area contributed by atoms with Crippen molar-refractivity contribution in [2.75, 3.05) is 0 Å². The molecule has 0 aliphatic rings. The monoisotopic (exact) mass is 370 g/mol. The van der Waals surface area contributed by atoms with Crippen molar-refractivity contribution in [3.8, 4) is 0 Å². The summed E-state index contributed by atoms with van der Waals surface area (Å²) in [5.41, 5.74) is 0. The third kappa shape index (κ3) is 2970. The first-order valence-electron chi connectivity index (χ1n) is 3.71. The van der Waals surface area contributed by atoms with Gasteiger partial charge >= 0.3 is 0 Å². The predicted octanol–water partition coefficient (Wildman–Crippen LogP) is -0.466. The number of hydrogen-bond donors (Lipinski definition) is 4. The maximum Gasteiger partial charge on any atom is 0.300 e. The van der Waals surface area contributed by atoms with Crippen molar-refractivity contribution in [2.24, 2.45) is 0 Å². The zero-order valence-electron chi connectivity index (χ0n) is 10.6. The minimum atomic E-state index is -0.833. The molecule has 0 saturated heterocycles. The third-order valence-electron chi connectivity index (χ3n) is 0. The predicted molar refractivity (Wildman–Crippen MR) is 56.9 cm³/mol. The summed E-state index contributed by atoms with van der Waals surface area (Å²) in [4.78, 5) is 36.0. The summed E-state index contributed by atoms with van der Waals surface area (Å²) in [6.45, 7) is 4.33. The molecule has 11 heteroatoms. The Balaban J connectivity index is -0.0000000192. The topological polar surface area (TPSA) is 181 Å². The zero-order valence-corrected chi connectivity index (χ0v) is 12.8. The van der Waals surface area contributed by atoms with Crippen LogP contribution in [-0.2, 0) is 53.3 Å². The van der Waals surface area contributed by atoms with Gasteiger partial charge in [-0.3, -0.25) is 19.2 Å². The molecule has 0 atom stereocenters. The molecule has 0 radical (unpaired) electrons. The molecule has 9 nitrogen and oxygen atoms in total. The standard InChI is InChI=1S/4C2H4O2.2Fe.H2O/c4*1-2(3)4;;;/h4*1H3,(H,3,4);;;1H2. The van der Waals surface area contributed by atoms with E-state index >= 15 is 0 Å². The van der Waals surface area contributed by atoms with Gasteiger partial charge in [-0.05, 0) is 0 Å². The number of carboxylic acid groups (broad SMARTS) is 4. The van der Waals surface area contributed by atoms with E-state index in [-0.39, 0.29) is 39.6 Å². The molecular formula is C8H18Fe2O9. The van der Waals surface area contributed by atoms with Crippen LogP contribution >= 0.6 is 0 Å². The van der Waals surface area contributed by atoms with Gasteiger partial charge in [0.1, 0.15) is 0 Å². The van der Waals surface area contributed by atoms with Crippen molar-refractivity contribution in [1.82, 2.24) is 0 Å². The molecule has 6 N–H and O–H groups in total. The van der Waals surface area contributed by atoms with Crippen LogP contribution in [-0.4, -0.2) is 49.8 Å². The summed E-state index contributed by atoms with van der Waals surface area (Å²) in [5.74, 6) is -3.33. The molecule has 0 bridgehead atoms. The van der Waals surface area contributed by atoms with Crippen molar-refractivity contribution in [3.05, 3.63) is 0 Å². The van der Waals surface area contributed by atoms with Gasteiger partial charge in [0, 0.05) is 61.8 Å². The summed E-state index contributed by atoms with van der Waals surface area (Å²) in [7, 11) is 0. The molecule has 0 rings (SSSR count). The molecule has 120 valence electrons. The van der Waals surface area contributed by atoms with Crippen molar-refractivity contribution in [2.45, 2.75) is 27.7 Å². The number of carbonyl (C=O) groups is 4. The normalized spacial score (nSPS) is 5.26. The summed E-state index contributed by atoms with van der Waals surface area (Å²) < 4.78 is 0. The Bertz CT molecular complexity index is 166. The van der Waals surface area contributed by atoms with Crippen LogP contribution in [0.4, 0.5) is 0 Å². The van der Waals surface area contributed by atoms with Crippen LogP contribution in [0.15, 0.2) is 0 Å². The fourth-order valence-electron chi connectivity index (χ4n) is 0. The second-order valence-corrected chi connectivity index (χ2v) is 2.08. The first-order valence-corrected chi connectivity index (χ1v) is 3.71. The first-order chi connectivity index (χ1) is 6.93. The number of aliphatic carboxylic acids is 4. The van der Waals surface area contributed by atoms with E-state index in [1.54, 1.807) is 0 Å². The summed E-state index contributed by atoms with van der Waals surface area (Å²) in [6, 6.07) is 0. The van der Waals surface area contributed by atoms with Crippen molar-refractivity contribution >= 4 is 23.9 Å². The molecule has 0 spiro atoms. The molecular weight excluding hydrogens is 352 g/mol. The molecule has 0 aliphatic heterocycles. The van der Waals surface area contributed by atoms with Crippen LogP contribution in [0.1, 0.15) is 27.7 Å². The molecule has 0 heterocycles. The number of rotatable bonds is 0. The molecule has 0 aromatic heterocycles. The summed E-state index contributed by atoms with van der Waals surface area (Å²) >= 11 is 0. The van der Waals surface area contributed by atoms with E-state index in [1.165, 1.54) is 0 Å². The van der Waals surface area contributed by atoms with Gasteiger partial charge in [-0.2, -0.15) is 0 Å². The van der Waals surface area contributed by atoms with Gasteiger partial charge in [-0.15, -0.1) is 0 Å². The quantitative estimate of drug-likeness (QED) is 0.413. The Morgan fingerprint density at radius 2 is 0.526 bits per heavy atom. The minimum Gasteiger partial charge on any atom is -0.481 e. The van der Waals surface area contributed by atoms with Crippen molar-refractivity contribution < 1.29 is 79.2 Å². The van der Waals surface area contributed by atoms with E-state index in [9.17, 15) is 0 Å². The Kier molecular flexibility index (Phi) is 81.5. The minimum absolute atomic E-state index is 0. The van der Waals surface area contributed by atoms with Gasteiger partial charge in [-0.1, -0.05) is 0 Å². The zero-order chi connectivity index (χ0) is 14.3. The molecule has 0 amide bonds. The van der Waals surface area contributed by atoms with Gasteiger partial charge in [0.15, 0.2) is 0 Å². The fraction of sp³-hybridized carbons (Fsp3) is 0.500. The van der Waals surface area contributed by atoms with Gasteiger partial charge in [0.25, 0.3) is 23.9 Å². The SMILES string of the molecule is CC(=O)O.CC(=O)O.CC(=O)O.CC(=O)O.O.[Fe].[Fe]. The molecule has 19 heavy (non-hydrogen) atoms. The van der Waals surface area contributed by atoms with Gasteiger partial charge in [0.05, 0.1) is 0 Å².